The Kier molecular flexibility index (Phi) is 4.06. The summed E-state index contributed by atoms with van der Waals surface area (Å²) in [6, 6.07) is 8.12. The van der Waals surface area contributed by atoms with Gasteiger partial charge in [-0.05, 0) is 36.8 Å². The number of aromatic nitrogens is 2. The highest BCUT2D eigenvalue weighted by atomic mass is 16.3. The maximum atomic E-state index is 10.5. The van der Waals surface area contributed by atoms with E-state index in [4.69, 9.17) is 0 Å². The summed E-state index contributed by atoms with van der Waals surface area (Å²) in [6.45, 7) is 2.95. The van der Waals surface area contributed by atoms with Crippen LogP contribution >= 0.6 is 0 Å². The van der Waals surface area contributed by atoms with E-state index in [1.807, 2.05) is 24.5 Å². The van der Waals surface area contributed by atoms with Crippen LogP contribution in [0.1, 0.15) is 39.0 Å². The Hall–Kier alpha value is -1.35. The van der Waals surface area contributed by atoms with E-state index in [1.165, 1.54) is 32.1 Å². The molecule has 0 radical (unpaired) electrons. The van der Waals surface area contributed by atoms with Crippen molar-refractivity contribution in [3.05, 3.63) is 30.6 Å². The number of hydrogen-bond acceptors (Lipinski definition) is 2. The van der Waals surface area contributed by atoms with Gasteiger partial charge in [-0.25, -0.2) is 4.98 Å². The molecule has 1 unspecified atom stereocenters. The van der Waals surface area contributed by atoms with Crippen molar-refractivity contribution in [3.8, 4) is 0 Å². The fourth-order valence-electron chi connectivity index (χ4n) is 3.49. The molecular formula is C17H24N2O. The first-order chi connectivity index (χ1) is 9.78. The molecule has 1 N–H and O–H groups in total. The summed E-state index contributed by atoms with van der Waals surface area (Å²) < 4.78 is 2.09. The van der Waals surface area contributed by atoms with Crippen LogP contribution in [0.4, 0.5) is 0 Å². The number of aliphatic hydroxyl groups is 1. The lowest BCUT2D eigenvalue weighted by molar-refractivity contribution is 0.0603. The Labute approximate surface area is 120 Å². The number of nitrogens with zero attached hydrogens (tertiary/aromatic N) is 2. The number of aliphatic hydroxyl groups excluding tert-OH is 1. The fourth-order valence-corrected chi connectivity index (χ4v) is 3.49. The van der Waals surface area contributed by atoms with E-state index < -0.39 is 0 Å². The van der Waals surface area contributed by atoms with Crippen molar-refractivity contribution in [3.63, 3.8) is 0 Å². The lowest BCUT2D eigenvalue weighted by Crippen LogP contribution is -2.29. The minimum absolute atomic E-state index is 0.245. The maximum absolute atomic E-state index is 10.5. The molecular weight excluding hydrogens is 248 g/mol. The van der Waals surface area contributed by atoms with Crippen LogP contribution in [0.15, 0.2) is 30.6 Å². The number of rotatable bonds is 4. The summed E-state index contributed by atoms with van der Waals surface area (Å²) in [5.41, 5.74) is 2.13. The van der Waals surface area contributed by atoms with Gasteiger partial charge in [0.25, 0.3) is 0 Å². The molecule has 0 bridgehead atoms. The highest BCUT2D eigenvalue weighted by Gasteiger charge is 2.26. The molecule has 1 atom stereocenters. The van der Waals surface area contributed by atoms with E-state index in [1.54, 1.807) is 0 Å². The molecule has 1 fully saturated rings. The SMILES string of the molecule is CCC1CCC(C(O)Cn2cnc3ccccc32)CC1. The second-order valence-corrected chi connectivity index (χ2v) is 6.14. The summed E-state index contributed by atoms with van der Waals surface area (Å²) in [5, 5.41) is 10.5. The molecule has 3 heteroatoms. The summed E-state index contributed by atoms with van der Waals surface area (Å²) in [5.74, 6) is 1.34. The first-order valence-electron chi connectivity index (χ1n) is 7.86. The van der Waals surface area contributed by atoms with Crippen LogP contribution in [-0.4, -0.2) is 20.8 Å². The van der Waals surface area contributed by atoms with Crippen molar-refractivity contribution in [2.75, 3.05) is 0 Å². The molecule has 108 valence electrons. The van der Waals surface area contributed by atoms with Crippen LogP contribution in [0.5, 0.6) is 0 Å². The van der Waals surface area contributed by atoms with Gasteiger partial charge in [0, 0.05) is 0 Å². The molecule has 1 heterocycles. The van der Waals surface area contributed by atoms with Gasteiger partial charge >= 0.3 is 0 Å². The molecule has 1 aromatic heterocycles. The Morgan fingerprint density at radius 2 is 2.00 bits per heavy atom. The highest BCUT2D eigenvalue weighted by Crippen LogP contribution is 2.33. The van der Waals surface area contributed by atoms with E-state index in [0.29, 0.717) is 12.5 Å². The van der Waals surface area contributed by atoms with Crippen LogP contribution < -0.4 is 0 Å². The zero-order chi connectivity index (χ0) is 13.9. The quantitative estimate of drug-likeness (QED) is 0.923. The Morgan fingerprint density at radius 1 is 1.25 bits per heavy atom. The number of para-hydroxylation sites is 2. The summed E-state index contributed by atoms with van der Waals surface area (Å²) in [6.07, 6.45) is 7.80. The average Bonchev–Trinajstić information content (AvgIpc) is 2.91. The van der Waals surface area contributed by atoms with Gasteiger partial charge in [-0.15, -0.1) is 0 Å². The summed E-state index contributed by atoms with van der Waals surface area (Å²) >= 11 is 0. The van der Waals surface area contributed by atoms with Crippen molar-refractivity contribution in [1.82, 2.24) is 9.55 Å². The molecule has 1 saturated carbocycles. The fraction of sp³-hybridized carbons (Fsp3) is 0.588. The predicted molar refractivity (Wildman–Crippen MR) is 81.5 cm³/mol. The Morgan fingerprint density at radius 3 is 2.75 bits per heavy atom. The highest BCUT2D eigenvalue weighted by molar-refractivity contribution is 5.74. The van der Waals surface area contributed by atoms with Crippen LogP contribution in [0.25, 0.3) is 11.0 Å². The number of benzene rings is 1. The van der Waals surface area contributed by atoms with E-state index in [-0.39, 0.29) is 6.10 Å². The van der Waals surface area contributed by atoms with Gasteiger partial charge in [0.2, 0.25) is 0 Å². The molecule has 0 spiro atoms. The van der Waals surface area contributed by atoms with Crippen molar-refractivity contribution in [2.45, 2.75) is 51.7 Å². The van der Waals surface area contributed by atoms with Crippen molar-refractivity contribution < 1.29 is 5.11 Å². The van der Waals surface area contributed by atoms with Crippen LogP contribution in [0.2, 0.25) is 0 Å². The third-order valence-electron chi connectivity index (χ3n) is 4.92. The molecule has 20 heavy (non-hydrogen) atoms. The monoisotopic (exact) mass is 272 g/mol. The lowest BCUT2D eigenvalue weighted by Gasteiger charge is -2.31. The number of imidazole rings is 1. The minimum Gasteiger partial charge on any atom is -0.391 e. The normalized spacial score (nSPS) is 24.9. The standard InChI is InChI=1S/C17H24N2O/c1-2-13-7-9-14(10-8-13)17(20)11-19-12-18-15-5-3-4-6-16(15)19/h3-6,12-14,17,20H,2,7-11H2,1H3. The third kappa shape index (κ3) is 2.73. The largest absolute Gasteiger partial charge is 0.391 e. The van der Waals surface area contributed by atoms with E-state index in [0.717, 1.165) is 17.0 Å². The second kappa shape index (κ2) is 5.96. The average molecular weight is 272 g/mol. The van der Waals surface area contributed by atoms with Gasteiger partial charge in [0.15, 0.2) is 0 Å². The van der Waals surface area contributed by atoms with Crippen LogP contribution in [0, 0.1) is 11.8 Å². The number of fused-ring (bicyclic) bond motifs is 1. The molecule has 1 aromatic carbocycles. The van der Waals surface area contributed by atoms with Gasteiger partial charge in [-0.3, -0.25) is 0 Å². The topological polar surface area (TPSA) is 38.0 Å². The van der Waals surface area contributed by atoms with E-state index in [9.17, 15) is 5.11 Å². The first kappa shape index (κ1) is 13.6. The summed E-state index contributed by atoms with van der Waals surface area (Å²) in [4.78, 5) is 4.39. The molecule has 0 amide bonds. The van der Waals surface area contributed by atoms with Gasteiger partial charge in [0.05, 0.1) is 30.0 Å². The lowest BCUT2D eigenvalue weighted by atomic mass is 9.78. The predicted octanol–water partition coefficient (Wildman–Crippen LogP) is 3.61. The molecule has 1 aliphatic carbocycles. The van der Waals surface area contributed by atoms with Crippen LogP contribution in [-0.2, 0) is 6.54 Å². The molecule has 0 aliphatic heterocycles. The molecule has 0 saturated heterocycles. The maximum Gasteiger partial charge on any atom is 0.0959 e. The van der Waals surface area contributed by atoms with Gasteiger partial charge in [-0.1, -0.05) is 38.3 Å². The van der Waals surface area contributed by atoms with Crippen LogP contribution in [0.3, 0.4) is 0 Å². The van der Waals surface area contributed by atoms with Crippen molar-refractivity contribution in [1.29, 1.82) is 0 Å². The zero-order valence-electron chi connectivity index (χ0n) is 12.2. The van der Waals surface area contributed by atoms with Gasteiger partial charge < -0.3 is 9.67 Å². The molecule has 3 nitrogen and oxygen atoms in total. The minimum atomic E-state index is -0.245. The molecule has 1 aliphatic rings. The van der Waals surface area contributed by atoms with Crippen molar-refractivity contribution in [2.24, 2.45) is 11.8 Å². The summed E-state index contributed by atoms with van der Waals surface area (Å²) in [7, 11) is 0. The molecule has 3 rings (SSSR count). The van der Waals surface area contributed by atoms with Gasteiger partial charge in [0.1, 0.15) is 0 Å². The van der Waals surface area contributed by atoms with E-state index in [2.05, 4.69) is 22.5 Å². The smallest absolute Gasteiger partial charge is 0.0959 e. The van der Waals surface area contributed by atoms with Crippen molar-refractivity contribution >= 4 is 11.0 Å². The molecule has 2 aromatic rings. The zero-order valence-corrected chi connectivity index (χ0v) is 12.2. The van der Waals surface area contributed by atoms with E-state index >= 15 is 0 Å². The van der Waals surface area contributed by atoms with Gasteiger partial charge in [-0.2, -0.15) is 0 Å². The third-order valence-corrected chi connectivity index (χ3v) is 4.92. The Bertz CT molecular complexity index is 555. The Balaban J connectivity index is 1.65. The second-order valence-electron chi connectivity index (χ2n) is 6.14. The number of hydrogen-bond donors (Lipinski definition) is 1. The first-order valence-corrected chi connectivity index (χ1v) is 7.86.